The lowest BCUT2D eigenvalue weighted by Crippen LogP contribution is -2.24. The van der Waals surface area contributed by atoms with E-state index in [9.17, 15) is 5.11 Å². The molecule has 0 atom stereocenters. The molecule has 3 nitrogen and oxygen atoms in total. The van der Waals surface area contributed by atoms with E-state index in [0.29, 0.717) is 5.11 Å². The average Bonchev–Trinajstić information content (AvgIpc) is 2.11. The first-order chi connectivity index (χ1) is 6.13. The molecule has 0 aliphatic rings. The quantitative estimate of drug-likeness (QED) is 0.597. The van der Waals surface area contributed by atoms with Crippen LogP contribution in [0, 0.1) is 6.92 Å². The highest BCUT2D eigenvalue weighted by molar-refractivity contribution is 7.80. The zero-order valence-electron chi connectivity index (χ0n) is 7.59. The summed E-state index contributed by atoms with van der Waals surface area (Å²) in [7, 11) is 1.74. The summed E-state index contributed by atoms with van der Waals surface area (Å²) in [5.41, 5.74) is 1.86. The van der Waals surface area contributed by atoms with Crippen LogP contribution in [0.3, 0.4) is 0 Å². The van der Waals surface area contributed by atoms with Crippen molar-refractivity contribution < 1.29 is 5.11 Å². The summed E-state index contributed by atoms with van der Waals surface area (Å²) in [6.07, 6.45) is 0. The summed E-state index contributed by atoms with van der Waals surface area (Å²) in [5.74, 6) is 0.229. The third-order valence-corrected chi connectivity index (χ3v) is 2.00. The first-order valence-electron chi connectivity index (χ1n) is 3.92. The van der Waals surface area contributed by atoms with Crippen LogP contribution in [0.1, 0.15) is 5.56 Å². The third-order valence-electron chi connectivity index (χ3n) is 1.70. The van der Waals surface area contributed by atoms with Crippen molar-refractivity contribution in [2.24, 2.45) is 0 Å². The molecule has 0 amide bonds. The topological polar surface area (TPSA) is 44.3 Å². The highest BCUT2D eigenvalue weighted by atomic mass is 32.1. The molecule has 1 rings (SSSR count). The highest BCUT2D eigenvalue weighted by Crippen LogP contribution is 2.20. The van der Waals surface area contributed by atoms with E-state index in [1.165, 1.54) is 0 Å². The molecule has 0 spiro atoms. The highest BCUT2D eigenvalue weighted by Gasteiger charge is 2.00. The molecule has 0 aliphatic carbocycles. The summed E-state index contributed by atoms with van der Waals surface area (Å²) < 4.78 is 0. The van der Waals surface area contributed by atoms with Gasteiger partial charge in [0.1, 0.15) is 5.75 Å². The molecule has 3 N–H and O–H groups in total. The molecule has 0 unspecified atom stereocenters. The molecule has 13 heavy (non-hydrogen) atoms. The number of rotatable bonds is 1. The van der Waals surface area contributed by atoms with Crippen molar-refractivity contribution in [3.05, 3.63) is 23.8 Å². The van der Waals surface area contributed by atoms with E-state index in [-0.39, 0.29) is 5.75 Å². The smallest absolute Gasteiger partial charge is 0.170 e. The second-order valence-corrected chi connectivity index (χ2v) is 3.11. The Hall–Kier alpha value is -1.29. The largest absolute Gasteiger partial charge is 0.508 e. The lowest BCUT2D eigenvalue weighted by atomic mass is 10.2. The van der Waals surface area contributed by atoms with Crippen molar-refractivity contribution >= 4 is 23.0 Å². The van der Waals surface area contributed by atoms with Gasteiger partial charge in [0.25, 0.3) is 0 Å². The van der Waals surface area contributed by atoms with Crippen LogP contribution in [0.5, 0.6) is 5.75 Å². The molecule has 0 bridgehead atoms. The normalized spacial score (nSPS) is 9.38. The number of aryl methyl sites for hydroxylation is 1. The molecular weight excluding hydrogens is 184 g/mol. The molecule has 0 radical (unpaired) electrons. The average molecular weight is 196 g/mol. The van der Waals surface area contributed by atoms with E-state index in [1.807, 2.05) is 13.0 Å². The minimum Gasteiger partial charge on any atom is -0.508 e. The first kappa shape index (κ1) is 9.80. The van der Waals surface area contributed by atoms with E-state index >= 15 is 0 Å². The van der Waals surface area contributed by atoms with Gasteiger partial charge in [0.05, 0.1) is 0 Å². The van der Waals surface area contributed by atoms with E-state index < -0.39 is 0 Å². The van der Waals surface area contributed by atoms with Gasteiger partial charge < -0.3 is 15.7 Å². The Morgan fingerprint density at radius 3 is 2.77 bits per heavy atom. The predicted molar refractivity (Wildman–Crippen MR) is 58.1 cm³/mol. The minimum atomic E-state index is 0.229. The van der Waals surface area contributed by atoms with Gasteiger partial charge in [-0.3, -0.25) is 0 Å². The molecule has 1 aromatic carbocycles. The Balaban J connectivity index is 2.87. The van der Waals surface area contributed by atoms with Crippen LogP contribution in [0.25, 0.3) is 0 Å². The Morgan fingerprint density at radius 2 is 2.15 bits per heavy atom. The summed E-state index contributed by atoms with van der Waals surface area (Å²) in [6.45, 7) is 1.94. The number of hydrogen-bond donors (Lipinski definition) is 3. The number of nitrogens with one attached hydrogen (secondary N) is 2. The van der Waals surface area contributed by atoms with E-state index in [4.69, 9.17) is 12.2 Å². The molecule has 1 aromatic rings. The molecule has 0 aliphatic heterocycles. The van der Waals surface area contributed by atoms with E-state index in [0.717, 1.165) is 11.3 Å². The fourth-order valence-corrected chi connectivity index (χ4v) is 1.04. The molecule has 0 saturated carbocycles. The summed E-state index contributed by atoms with van der Waals surface area (Å²) in [5, 5.41) is 15.5. The molecule has 0 aromatic heterocycles. The van der Waals surface area contributed by atoms with Gasteiger partial charge in [-0.25, -0.2) is 0 Å². The van der Waals surface area contributed by atoms with Crippen LogP contribution in [0.15, 0.2) is 18.2 Å². The van der Waals surface area contributed by atoms with Gasteiger partial charge >= 0.3 is 0 Å². The summed E-state index contributed by atoms with van der Waals surface area (Å²) >= 11 is 4.94. The van der Waals surface area contributed by atoms with Crippen molar-refractivity contribution in [1.82, 2.24) is 5.32 Å². The Labute approximate surface area is 82.8 Å². The van der Waals surface area contributed by atoms with Gasteiger partial charge in [0.15, 0.2) is 5.11 Å². The Kier molecular flexibility index (Phi) is 3.08. The Morgan fingerprint density at radius 1 is 1.46 bits per heavy atom. The van der Waals surface area contributed by atoms with E-state index in [2.05, 4.69) is 10.6 Å². The van der Waals surface area contributed by atoms with Crippen LogP contribution in [-0.4, -0.2) is 17.3 Å². The summed E-state index contributed by atoms with van der Waals surface area (Å²) in [4.78, 5) is 0. The third kappa shape index (κ3) is 2.59. The molecule has 4 heteroatoms. The van der Waals surface area contributed by atoms with Crippen molar-refractivity contribution in [2.45, 2.75) is 6.92 Å². The predicted octanol–water partition coefficient (Wildman–Crippen LogP) is 1.62. The number of aromatic hydroxyl groups is 1. The molecule has 0 fully saturated rings. The lowest BCUT2D eigenvalue weighted by Gasteiger charge is -2.09. The fraction of sp³-hybridized carbons (Fsp3) is 0.222. The van der Waals surface area contributed by atoms with Gasteiger partial charge in [0, 0.05) is 18.8 Å². The minimum absolute atomic E-state index is 0.229. The number of phenolic OH excluding ortho intramolecular Hbond substituents is 1. The van der Waals surface area contributed by atoms with Gasteiger partial charge in [0.2, 0.25) is 0 Å². The van der Waals surface area contributed by atoms with Crippen LogP contribution in [0.4, 0.5) is 5.69 Å². The molecular formula is C9H12N2OS. The van der Waals surface area contributed by atoms with Crippen molar-refractivity contribution in [3.63, 3.8) is 0 Å². The fourth-order valence-electron chi connectivity index (χ4n) is 0.929. The van der Waals surface area contributed by atoms with Crippen LogP contribution in [0.2, 0.25) is 0 Å². The maximum atomic E-state index is 9.22. The first-order valence-corrected chi connectivity index (χ1v) is 4.32. The van der Waals surface area contributed by atoms with Crippen molar-refractivity contribution in [3.8, 4) is 5.75 Å². The number of benzene rings is 1. The molecule has 0 heterocycles. The van der Waals surface area contributed by atoms with Crippen LogP contribution >= 0.6 is 12.2 Å². The standard InChI is InChI=1S/C9H12N2OS/c1-6-3-4-7(12)5-8(6)11-9(13)10-2/h3-5,12H,1-2H3,(H2,10,11,13). The second-order valence-electron chi connectivity index (χ2n) is 2.70. The van der Waals surface area contributed by atoms with Gasteiger partial charge in [-0.2, -0.15) is 0 Å². The molecule has 70 valence electrons. The van der Waals surface area contributed by atoms with Gasteiger partial charge in [-0.1, -0.05) is 6.07 Å². The van der Waals surface area contributed by atoms with Crippen molar-refractivity contribution in [1.29, 1.82) is 0 Å². The van der Waals surface area contributed by atoms with Crippen LogP contribution < -0.4 is 10.6 Å². The number of phenols is 1. The SMILES string of the molecule is CNC(=S)Nc1cc(O)ccc1C. The lowest BCUT2D eigenvalue weighted by molar-refractivity contribution is 0.475. The maximum absolute atomic E-state index is 9.22. The Bertz CT molecular complexity index is 325. The van der Waals surface area contributed by atoms with Gasteiger partial charge in [-0.05, 0) is 30.8 Å². The van der Waals surface area contributed by atoms with E-state index in [1.54, 1.807) is 19.2 Å². The monoisotopic (exact) mass is 196 g/mol. The van der Waals surface area contributed by atoms with Gasteiger partial charge in [-0.15, -0.1) is 0 Å². The zero-order valence-corrected chi connectivity index (χ0v) is 8.40. The zero-order chi connectivity index (χ0) is 9.84. The van der Waals surface area contributed by atoms with Crippen molar-refractivity contribution in [2.75, 3.05) is 12.4 Å². The molecule has 0 saturated heterocycles. The van der Waals surface area contributed by atoms with Crippen LogP contribution in [-0.2, 0) is 0 Å². The number of hydrogen-bond acceptors (Lipinski definition) is 2. The maximum Gasteiger partial charge on any atom is 0.170 e. The number of thiocarbonyl (C=S) groups is 1. The second kappa shape index (κ2) is 4.09. The number of anilines is 1. The summed E-state index contributed by atoms with van der Waals surface area (Å²) in [6, 6.07) is 5.11.